The predicted molar refractivity (Wildman–Crippen MR) is 75.1 cm³/mol. The molecular formula is C11H5Cl2N3O6. The third kappa shape index (κ3) is 2.63. The molecule has 114 valence electrons. The van der Waals surface area contributed by atoms with Crippen LogP contribution < -0.4 is 5.32 Å². The Bertz CT molecular complexity index is 774. The highest BCUT2D eigenvalue weighted by atomic mass is 35.5. The van der Waals surface area contributed by atoms with E-state index < -0.39 is 39.0 Å². The third-order valence-corrected chi connectivity index (χ3v) is 3.34. The van der Waals surface area contributed by atoms with Crippen LogP contribution in [0.3, 0.4) is 0 Å². The highest BCUT2D eigenvalue weighted by Crippen LogP contribution is 2.42. The molecule has 0 aromatic heterocycles. The van der Waals surface area contributed by atoms with Crippen molar-refractivity contribution in [3.05, 3.63) is 31.8 Å². The monoisotopic (exact) mass is 345 g/mol. The largest absolute Gasteiger partial charge is 0.332 e. The summed E-state index contributed by atoms with van der Waals surface area (Å²) in [5, 5.41) is 15.8. The minimum atomic E-state index is -1.18. The number of benzene rings is 1. The minimum Gasteiger partial charge on any atom is -0.318 e. The van der Waals surface area contributed by atoms with Crippen LogP contribution in [-0.4, -0.2) is 28.3 Å². The second kappa shape index (κ2) is 5.70. The second-order valence-electron chi connectivity index (χ2n) is 4.01. The molecule has 1 aromatic carbocycles. The number of nitro benzene ring substituents is 1. The third-order valence-electron chi connectivity index (χ3n) is 2.56. The molecule has 0 unspecified atom stereocenters. The van der Waals surface area contributed by atoms with Gasteiger partial charge in [-0.25, -0.2) is 4.79 Å². The van der Waals surface area contributed by atoms with Crippen molar-refractivity contribution >= 4 is 57.9 Å². The molecule has 0 fully saturated rings. The topological polar surface area (TPSA) is 128 Å². The van der Waals surface area contributed by atoms with Gasteiger partial charge in [-0.05, 0) is 6.07 Å². The number of fused-ring (bicyclic) bond motifs is 1. The van der Waals surface area contributed by atoms with E-state index in [0.717, 1.165) is 13.0 Å². The zero-order valence-electron chi connectivity index (χ0n) is 10.7. The number of hydrogen-bond acceptors (Lipinski definition) is 7. The van der Waals surface area contributed by atoms with Crippen LogP contribution in [0.5, 0.6) is 0 Å². The van der Waals surface area contributed by atoms with E-state index in [9.17, 15) is 24.5 Å². The van der Waals surface area contributed by atoms with Gasteiger partial charge in [-0.2, -0.15) is 0 Å². The van der Waals surface area contributed by atoms with E-state index in [1.807, 2.05) is 0 Å². The van der Waals surface area contributed by atoms with Gasteiger partial charge < -0.3 is 10.2 Å². The molecule has 0 bridgehead atoms. The second-order valence-corrected chi connectivity index (χ2v) is 4.79. The fraction of sp³-hybridized carbons (Fsp3) is 0.0909. The zero-order valence-corrected chi connectivity index (χ0v) is 12.2. The molecule has 0 radical (unpaired) electrons. The number of ketones is 1. The standard InChI is InChI=1S/C11H5Cl2N3O6/c1-3(17)22-15-8-4-2-5(12)6(13)9(16(20)21)7(4)14-11(19)10(8)18/h2H,1H3,(H,14,19). The van der Waals surface area contributed by atoms with Crippen molar-refractivity contribution in [3.8, 4) is 0 Å². The summed E-state index contributed by atoms with van der Waals surface area (Å²) in [6, 6.07) is 1.10. The maximum absolute atomic E-state index is 11.8. The molecule has 0 aliphatic carbocycles. The van der Waals surface area contributed by atoms with Crippen molar-refractivity contribution in [2.24, 2.45) is 5.16 Å². The lowest BCUT2D eigenvalue weighted by Gasteiger charge is -2.17. The number of carbonyl (C=O) groups excluding carboxylic acids is 3. The van der Waals surface area contributed by atoms with Crippen molar-refractivity contribution in [2.45, 2.75) is 6.92 Å². The Balaban J connectivity index is 2.77. The Hall–Kier alpha value is -2.52. The number of halogens is 2. The normalized spacial score (nSPS) is 15.3. The fourth-order valence-electron chi connectivity index (χ4n) is 1.70. The van der Waals surface area contributed by atoms with Gasteiger partial charge in [0.2, 0.25) is 0 Å². The van der Waals surface area contributed by atoms with Gasteiger partial charge in [0.15, 0.2) is 5.71 Å². The first-order chi connectivity index (χ1) is 10.2. The first-order valence-corrected chi connectivity index (χ1v) is 6.27. The number of nitro groups is 1. The maximum atomic E-state index is 11.8. The number of Topliss-reactive ketones (excluding diaryl/α,β-unsaturated/α-hetero) is 1. The number of hydrogen-bond donors (Lipinski definition) is 1. The predicted octanol–water partition coefficient (Wildman–Crippen LogP) is 1.69. The number of oxime groups is 1. The molecule has 1 aliphatic rings. The average molecular weight is 346 g/mol. The van der Waals surface area contributed by atoms with Gasteiger partial charge in [0.25, 0.3) is 11.7 Å². The van der Waals surface area contributed by atoms with Crippen LogP contribution in [0.25, 0.3) is 0 Å². The summed E-state index contributed by atoms with van der Waals surface area (Å²) < 4.78 is 0. The van der Waals surface area contributed by atoms with Gasteiger partial charge >= 0.3 is 11.7 Å². The van der Waals surface area contributed by atoms with Crippen molar-refractivity contribution < 1.29 is 24.1 Å². The van der Waals surface area contributed by atoms with Gasteiger partial charge in [-0.3, -0.25) is 19.7 Å². The number of anilines is 1. The minimum absolute atomic E-state index is 0.174. The van der Waals surface area contributed by atoms with Crippen LogP contribution in [0.15, 0.2) is 11.2 Å². The lowest BCUT2D eigenvalue weighted by Crippen LogP contribution is -2.36. The molecule has 9 nitrogen and oxygen atoms in total. The molecule has 1 heterocycles. The Morgan fingerprint density at radius 1 is 1.41 bits per heavy atom. The average Bonchev–Trinajstić information content (AvgIpc) is 2.41. The molecule has 11 heteroatoms. The molecule has 0 spiro atoms. The molecular weight excluding hydrogens is 341 g/mol. The molecule has 1 aromatic rings. The summed E-state index contributed by atoms with van der Waals surface area (Å²) in [4.78, 5) is 48.8. The van der Waals surface area contributed by atoms with Crippen molar-refractivity contribution in [1.29, 1.82) is 0 Å². The number of carbonyl (C=O) groups is 3. The lowest BCUT2D eigenvalue weighted by atomic mass is 9.98. The lowest BCUT2D eigenvalue weighted by molar-refractivity contribution is -0.383. The van der Waals surface area contributed by atoms with Gasteiger partial charge in [0.1, 0.15) is 10.7 Å². The van der Waals surface area contributed by atoms with Gasteiger partial charge in [0.05, 0.1) is 9.95 Å². The molecule has 22 heavy (non-hydrogen) atoms. The van der Waals surface area contributed by atoms with E-state index in [4.69, 9.17) is 23.2 Å². The Morgan fingerprint density at radius 3 is 2.59 bits per heavy atom. The van der Waals surface area contributed by atoms with Crippen LogP contribution in [-0.2, 0) is 19.2 Å². The molecule has 0 atom stereocenters. The van der Waals surface area contributed by atoms with E-state index in [-0.39, 0.29) is 16.3 Å². The highest BCUT2D eigenvalue weighted by Gasteiger charge is 2.38. The SMILES string of the molecule is CC(=O)ON=C1C(=O)C(=O)Nc2c1cc(Cl)c(Cl)c2[N+](=O)[O-]. The van der Waals surface area contributed by atoms with Crippen molar-refractivity contribution in [1.82, 2.24) is 0 Å². The van der Waals surface area contributed by atoms with Gasteiger partial charge in [-0.15, -0.1) is 0 Å². The molecule has 0 saturated carbocycles. The summed E-state index contributed by atoms with van der Waals surface area (Å²) in [6.07, 6.45) is 0. The van der Waals surface area contributed by atoms with Crippen LogP contribution in [0.2, 0.25) is 10.0 Å². The van der Waals surface area contributed by atoms with Crippen LogP contribution in [0, 0.1) is 10.1 Å². The van der Waals surface area contributed by atoms with E-state index >= 15 is 0 Å². The summed E-state index contributed by atoms with van der Waals surface area (Å²) in [5.41, 5.74) is -1.81. The van der Waals surface area contributed by atoms with E-state index in [1.54, 1.807) is 0 Å². The fourth-order valence-corrected chi connectivity index (χ4v) is 2.11. The molecule has 1 aliphatic heterocycles. The number of rotatable bonds is 2. The summed E-state index contributed by atoms with van der Waals surface area (Å²) in [6.45, 7) is 1.02. The van der Waals surface area contributed by atoms with Crippen molar-refractivity contribution in [3.63, 3.8) is 0 Å². The highest BCUT2D eigenvalue weighted by molar-refractivity contribution is 6.72. The Labute approximate surface area is 132 Å². The first kappa shape index (κ1) is 15.9. The summed E-state index contributed by atoms with van der Waals surface area (Å²) in [5.74, 6) is -3.16. The van der Waals surface area contributed by atoms with Gasteiger partial charge in [0, 0.05) is 12.5 Å². The van der Waals surface area contributed by atoms with E-state index in [0.29, 0.717) is 0 Å². The molecule has 0 saturated heterocycles. The van der Waals surface area contributed by atoms with Crippen molar-refractivity contribution in [2.75, 3.05) is 5.32 Å². The maximum Gasteiger partial charge on any atom is 0.332 e. The van der Waals surface area contributed by atoms with Gasteiger partial charge in [-0.1, -0.05) is 28.4 Å². The number of nitrogens with one attached hydrogen (secondary N) is 1. The molecule has 1 amide bonds. The van der Waals surface area contributed by atoms with E-state index in [1.165, 1.54) is 0 Å². The first-order valence-electron chi connectivity index (χ1n) is 5.52. The molecule has 1 N–H and O–H groups in total. The van der Waals surface area contributed by atoms with Crippen LogP contribution in [0.1, 0.15) is 12.5 Å². The summed E-state index contributed by atoms with van der Waals surface area (Å²) in [7, 11) is 0. The zero-order chi connectivity index (χ0) is 16.6. The molecule has 2 rings (SSSR count). The quantitative estimate of drug-likeness (QED) is 0.376. The van der Waals surface area contributed by atoms with E-state index in [2.05, 4.69) is 15.3 Å². The number of nitrogens with zero attached hydrogens (tertiary/aromatic N) is 2. The van der Waals surface area contributed by atoms with Crippen LogP contribution in [0.4, 0.5) is 11.4 Å². The Kier molecular flexibility index (Phi) is 4.11. The van der Waals surface area contributed by atoms with Crippen LogP contribution >= 0.6 is 23.2 Å². The smallest absolute Gasteiger partial charge is 0.318 e. The summed E-state index contributed by atoms with van der Waals surface area (Å²) >= 11 is 11.5. The number of amides is 1. The Morgan fingerprint density at radius 2 is 2.05 bits per heavy atom.